The molecule has 1 aliphatic rings. The Hall–Kier alpha value is -0.770. The second-order valence-corrected chi connectivity index (χ2v) is 5.78. The molecule has 19 heavy (non-hydrogen) atoms. The van der Waals surface area contributed by atoms with Crippen molar-refractivity contribution in [3.8, 4) is 5.75 Å². The van der Waals surface area contributed by atoms with Gasteiger partial charge in [-0.05, 0) is 18.6 Å². The van der Waals surface area contributed by atoms with Gasteiger partial charge in [0.15, 0.2) is 0 Å². The molecule has 0 amide bonds. The van der Waals surface area contributed by atoms with Crippen LogP contribution in [0, 0.1) is 17.0 Å². The highest BCUT2D eigenvalue weighted by atomic mass is 32.1. The Balaban J connectivity index is 2.02. The second-order valence-electron chi connectivity index (χ2n) is 5.47. The topological polar surface area (TPSA) is 9.23 Å². The maximum Gasteiger partial charge on any atom is 0.129 e. The molecule has 1 fully saturated rings. The summed E-state index contributed by atoms with van der Waals surface area (Å²) in [5.41, 5.74) is 0.0441. The average Bonchev–Trinajstić information content (AvgIpc) is 2.61. The van der Waals surface area contributed by atoms with Gasteiger partial charge < -0.3 is 4.74 Å². The monoisotopic (exact) mass is 286 g/mol. The molecular formula is C15H20F2OS. The third-order valence-corrected chi connectivity index (χ3v) is 4.55. The van der Waals surface area contributed by atoms with Gasteiger partial charge in [0.2, 0.25) is 0 Å². The van der Waals surface area contributed by atoms with Gasteiger partial charge in [0, 0.05) is 23.6 Å². The number of ether oxygens (including phenoxy) is 1. The van der Waals surface area contributed by atoms with E-state index in [1.165, 1.54) is 37.8 Å². The molecule has 0 radical (unpaired) electrons. The molecule has 1 aromatic carbocycles. The van der Waals surface area contributed by atoms with Crippen molar-refractivity contribution in [1.82, 2.24) is 0 Å². The Morgan fingerprint density at radius 3 is 2.11 bits per heavy atom. The molecule has 106 valence electrons. The van der Waals surface area contributed by atoms with Gasteiger partial charge in [-0.1, -0.05) is 25.7 Å². The maximum absolute atomic E-state index is 13.1. The van der Waals surface area contributed by atoms with Crippen LogP contribution in [0.25, 0.3) is 0 Å². The minimum Gasteiger partial charge on any atom is -0.493 e. The lowest BCUT2D eigenvalue weighted by atomic mass is 9.83. The standard InChI is InChI=1S/C15H20F2OS/c16-12-7-13(17)9-14(8-12)18-10-15(11-19)5-3-1-2-4-6-15/h7-9,19H,1-6,10-11H2. The molecule has 0 aromatic heterocycles. The van der Waals surface area contributed by atoms with Gasteiger partial charge in [0.25, 0.3) is 0 Å². The molecule has 1 aromatic rings. The second kappa shape index (κ2) is 6.60. The van der Waals surface area contributed by atoms with Crippen LogP contribution in [-0.2, 0) is 0 Å². The smallest absolute Gasteiger partial charge is 0.129 e. The molecule has 0 aliphatic heterocycles. The highest BCUT2D eigenvalue weighted by molar-refractivity contribution is 7.80. The molecule has 0 bridgehead atoms. The summed E-state index contributed by atoms with van der Waals surface area (Å²) in [4.78, 5) is 0. The number of halogens is 2. The Bertz CT molecular complexity index is 394. The Morgan fingerprint density at radius 2 is 1.58 bits per heavy atom. The predicted octanol–water partition coefficient (Wildman–Crippen LogP) is 4.61. The van der Waals surface area contributed by atoms with Crippen molar-refractivity contribution in [2.45, 2.75) is 38.5 Å². The van der Waals surface area contributed by atoms with E-state index in [2.05, 4.69) is 12.6 Å². The Labute approximate surface area is 118 Å². The van der Waals surface area contributed by atoms with E-state index < -0.39 is 11.6 Å². The van der Waals surface area contributed by atoms with Crippen molar-refractivity contribution in [1.29, 1.82) is 0 Å². The van der Waals surface area contributed by atoms with E-state index in [1.54, 1.807) is 0 Å². The molecule has 0 N–H and O–H groups in total. The summed E-state index contributed by atoms with van der Waals surface area (Å²) < 4.78 is 31.8. The maximum atomic E-state index is 13.1. The molecule has 0 unspecified atom stereocenters. The number of thiol groups is 1. The van der Waals surface area contributed by atoms with Crippen LogP contribution in [-0.4, -0.2) is 12.4 Å². The van der Waals surface area contributed by atoms with Crippen LogP contribution in [0.15, 0.2) is 18.2 Å². The van der Waals surface area contributed by atoms with Crippen LogP contribution in [0.3, 0.4) is 0 Å². The van der Waals surface area contributed by atoms with Crippen LogP contribution >= 0.6 is 12.6 Å². The first-order valence-electron chi connectivity index (χ1n) is 6.83. The zero-order chi connectivity index (χ0) is 13.7. The summed E-state index contributed by atoms with van der Waals surface area (Å²) in [5, 5.41) is 0. The third kappa shape index (κ3) is 4.10. The van der Waals surface area contributed by atoms with Crippen LogP contribution in [0.2, 0.25) is 0 Å². The van der Waals surface area contributed by atoms with Gasteiger partial charge >= 0.3 is 0 Å². The molecule has 0 saturated heterocycles. The molecular weight excluding hydrogens is 266 g/mol. The number of benzene rings is 1. The van der Waals surface area contributed by atoms with Crippen LogP contribution < -0.4 is 4.74 Å². The number of rotatable bonds is 4. The van der Waals surface area contributed by atoms with Crippen molar-refractivity contribution in [2.75, 3.05) is 12.4 Å². The molecule has 1 aliphatic carbocycles. The minimum absolute atomic E-state index is 0.0441. The molecule has 4 heteroatoms. The van der Waals surface area contributed by atoms with Crippen LogP contribution in [0.4, 0.5) is 8.78 Å². The van der Waals surface area contributed by atoms with Crippen molar-refractivity contribution < 1.29 is 13.5 Å². The van der Waals surface area contributed by atoms with Crippen molar-refractivity contribution in [3.63, 3.8) is 0 Å². The number of hydrogen-bond donors (Lipinski definition) is 1. The van der Waals surface area contributed by atoms with Gasteiger partial charge in [-0.25, -0.2) is 8.78 Å². The summed E-state index contributed by atoms with van der Waals surface area (Å²) >= 11 is 4.46. The van der Waals surface area contributed by atoms with Crippen molar-refractivity contribution in [2.24, 2.45) is 5.41 Å². The lowest BCUT2D eigenvalue weighted by molar-refractivity contribution is 0.147. The zero-order valence-corrected chi connectivity index (χ0v) is 11.9. The van der Waals surface area contributed by atoms with Crippen LogP contribution in [0.5, 0.6) is 5.75 Å². The fourth-order valence-corrected chi connectivity index (χ4v) is 3.08. The first kappa shape index (κ1) is 14.6. The lowest BCUT2D eigenvalue weighted by Crippen LogP contribution is -2.30. The van der Waals surface area contributed by atoms with E-state index in [-0.39, 0.29) is 11.2 Å². The summed E-state index contributed by atoms with van der Waals surface area (Å²) in [6, 6.07) is 3.31. The minimum atomic E-state index is -0.601. The summed E-state index contributed by atoms with van der Waals surface area (Å²) in [6.45, 7) is 0.486. The Morgan fingerprint density at radius 1 is 1.00 bits per heavy atom. The summed E-state index contributed by atoms with van der Waals surface area (Å²) in [5.74, 6) is -0.181. The van der Waals surface area contributed by atoms with Crippen molar-refractivity contribution in [3.05, 3.63) is 29.8 Å². The molecule has 0 atom stereocenters. The van der Waals surface area contributed by atoms with E-state index in [0.717, 1.165) is 24.7 Å². The quantitative estimate of drug-likeness (QED) is 0.628. The first-order valence-corrected chi connectivity index (χ1v) is 7.47. The third-order valence-electron chi connectivity index (χ3n) is 3.88. The molecule has 1 saturated carbocycles. The number of hydrogen-bond acceptors (Lipinski definition) is 2. The summed E-state index contributed by atoms with van der Waals surface area (Å²) in [7, 11) is 0. The lowest BCUT2D eigenvalue weighted by Gasteiger charge is -2.30. The van der Waals surface area contributed by atoms with Gasteiger partial charge in [0.1, 0.15) is 17.4 Å². The van der Waals surface area contributed by atoms with Gasteiger partial charge in [-0.15, -0.1) is 0 Å². The molecule has 2 rings (SSSR count). The van der Waals surface area contributed by atoms with E-state index in [1.807, 2.05) is 0 Å². The van der Waals surface area contributed by atoms with Gasteiger partial charge in [0.05, 0.1) is 6.61 Å². The zero-order valence-electron chi connectivity index (χ0n) is 11.0. The molecule has 0 spiro atoms. The average molecular weight is 286 g/mol. The molecule has 0 heterocycles. The van der Waals surface area contributed by atoms with Crippen molar-refractivity contribution >= 4 is 12.6 Å². The highest BCUT2D eigenvalue weighted by Gasteiger charge is 2.30. The van der Waals surface area contributed by atoms with Gasteiger partial charge in [-0.2, -0.15) is 12.6 Å². The van der Waals surface area contributed by atoms with E-state index in [9.17, 15) is 8.78 Å². The summed E-state index contributed by atoms with van der Waals surface area (Å²) in [6.07, 6.45) is 7.03. The first-order chi connectivity index (χ1) is 9.13. The predicted molar refractivity (Wildman–Crippen MR) is 75.8 cm³/mol. The van der Waals surface area contributed by atoms with E-state index in [4.69, 9.17) is 4.74 Å². The SMILES string of the molecule is Fc1cc(F)cc(OCC2(CS)CCCCCC2)c1. The normalized spacial score (nSPS) is 18.9. The largest absolute Gasteiger partial charge is 0.493 e. The van der Waals surface area contributed by atoms with E-state index in [0.29, 0.717) is 6.61 Å². The van der Waals surface area contributed by atoms with Crippen LogP contribution in [0.1, 0.15) is 38.5 Å². The fraction of sp³-hybridized carbons (Fsp3) is 0.600. The highest BCUT2D eigenvalue weighted by Crippen LogP contribution is 2.36. The Kier molecular flexibility index (Phi) is 5.08. The van der Waals surface area contributed by atoms with E-state index >= 15 is 0 Å². The molecule has 1 nitrogen and oxygen atoms in total. The van der Waals surface area contributed by atoms with Gasteiger partial charge in [-0.3, -0.25) is 0 Å². The fourth-order valence-electron chi connectivity index (χ4n) is 2.67.